The lowest BCUT2D eigenvalue weighted by atomic mass is 10.2. The summed E-state index contributed by atoms with van der Waals surface area (Å²) in [6, 6.07) is 18.8. The Morgan fingerprint density at radius 3 is 2.16 bits per heavy atom. The van der Waals surface area contributed by atoms with Crippen LogP contribution in [0.4, 0.5) is 24.5 Å². The van der Waals surface area contributed by atoms with Crippen LogP contribution in [0.3, 0.4) is 0 Å². The highest BCUT2D eigenvalue weighted by Gasteiger charge is 2.34. The van der Waals surface area contributed by atoms with Crippen molar-refractivity contribution in [2.45, 2.75) is 11.1 Å². The minimum atomic E-state index is -4.67. The van der Waals surface area contributed by atoms with E-state index < -0.39 is 34.2 Å². The number of halogens is 3. The summed E-state index contributed by atoms with van der Waals surface area (Å²) < 4.78 is 72.9. The first-order valence-corrected chi connectivity index (χ1v) is 13.0. The number of hydrogen-bond acceptors (Lipinski definition) is 5. The molecule has 1 amide bonds. The molecule has 0 radical (unpaired) electrons. The maximum Gasteiger partial charge on any atom is 0.416 e. The molecule has 0 unspecified atom stereocenters. The van der Waals surface area contributed by atoms with Gasteiger partial charge in [0.05, 0.1) is 23.3 Å². The number of anilines is 2. The van der Waals surface area contributed by atoms with Gasteiger partial charge in [0.2, 0.25) is 5.91 Å². The van der Waals surface area contributed by atoms with Crippen LogP contribution in [0.2, 0.25) is 0 Å². The third-order valence-corrected chi connectivity index (χ3v) is 7.93. The zero-order valence-corrected chi connectivity index (χ0v) is 20.9. The zero-order chi connectivity index (χ0) is 26.6. The molecule has 3 aromatic carbocycles. The summed E-state index contributed by atoms with van der Waals surface area (Å²) in [5, 5.41) is 0. The van der Waals surface area contributed by atoms with Crippen LogP contribution in [0, 0.1) is 0 Å². The third-order valence-electron chi connectivity index (χ3n) is 6.14. The summed E-state index contributed by atoms with van der Waals surface area (Å²) in [5.74, 6) is 0.234. The lowest BCUT2D eigenvalue weighted by Crippen LogP contribution is -2.52. The molecule has 196 valence electrons. The second-order valence-corrected chi connectivity index (χ2v) is 10.3. The number of carbonyl (C=O) groups is 1. The maximum atomic E-state index is 13.5. The Kier molecular flexibility index (Phi) is 7.63. The molecule has 1 heterocycles. The topological polar surface area (TPSA) is 70.2 Å². The minimum absolute atomic E-state index is 0.121. The van der Waals surface area contributed by atoms with Crippen molar-refractivity contribution < 1.29 is 31.1 Å². The van der Waals surface area contributed by atoms with Crippen LogP contribution in [0.25, 0.3) is 0 Å². The molecule has 0 atom stereocenters. The predicted octanol–water partition coefficient (Wildman–Crippen LogP) is 4.26. The number of sulfonamides is 1. The number of amides is 1. The molecule has 0 bridgehead atoms. The highest BCUT2D eigenvalue weighted by molar-refractivity contribution is 7.92. The summed E-state index contributed by atoms with van der Waals surface area (Å²) in [7, 11) is -2.73. The van der Waals surface area contributed by atoms with E-state index in [2.05, 4.69) is 4.90 Å². The molecule has 0 aliphatic carbocycles. The minimum Gasteiger partial charge on any atom is -0.497 e. The van der Waals surface area contributed by atoms with Crippen molar-refractivity contribution in [3.05, 3.63) is 84.4 Å². The number of piperazine rings is 1. The van der Waals surface area contributed by atoms with Crippen LogP contribution in [0.1, 0.15) is 5.56 Å². The Hall–Kier alpha value is -3.73. The molecule has 0 N–H and O–H groups in total. The number of rotatable bonds is 7. The van der Waals surface area contributed by atoms with Crippen molar-refractivity contribution in [3.63, 3.8) is 0 Å². The highest BCUT2D eigenvalue weighted by Crippen LogP contribution is 2.33. The number of carbonyl (C=O) groups excluding carboxylic acids is 1. The lowest BCUT2D eigenvalue weighted by Gasteiger charge is -2.37. The number of alkyl halides is 3. The van der Waals surface area contributed by atoms with Gasteiger partial charge in [0, 0.05) is 31.9 Å². The molecule has 1 saturated heterocycles. The molecule has 7 nitrogen and oxygen atoms in total. The Morgan fingerprint density at radius 2 is 1.57 bits per heavy atom. The van der Waals surface area contributed by atoms with E-state index in [1.807, 2.05) is 24.3 Å². The fourth-order valence-electron chi connectivity index (χ4n) is 4.10. The molecule has 0 aromatic heterocycles. The first-order chi connectivity index (χ1) is 17.6. The van der Waals surface area contributed by atoms with Crippen molar-refractivity contribution in [1.82, 2.24) is 4.90 Å². The first kappa shape index (κ1) is 26.3. The van der Waals surface area contributed by atoms with Gasteiger partial charge in [0.25, 0.3) is 10.0 Å². The quantitative estimate of drug-likeness (QED) is 0.454. The van der Waals surface area contributed by atoms with Crippen LogP contribution >= 0.6 is 0 Å². The molecule has 1 aliphatic rings. The molecular weight excluding hydrogens is 507 g/mol. The van der Waals surface area contributed by atoms with E-state index in [0.29, 0.717) is 26.2 Å². The maximum absolute atomic E-state index is 13.5. The van der Waals surface area contributed by atoms with Crippen LogP contribution in [-0.4, -0.2) is 59.1 Å². The second-order valence-electron chi connectivity index (χ2n) is 8.44. The third kappa shape index (κ3) is 5.99. The molecule has 4 rings (SSSR count). The summed E-state index contributed by atoms with van der Waals surface area (Å²) >= 11 is 0. The predicted molar refractivity (Wildman–Crippen MR) is 134 cm³/mol. The van der Waals surface area contributed by atoms with Gasteiger partial charge in [0.15, 0.2) is 0 Å². The Bertz CT molecular complexity index is 1330. The van der Waals surface area contributed by atoms with E-state index in [1.165, 1.54) is 35.2 Å². The van der Waals surface area contributed by atoms with Crippen LogP contribution < -0.4 is 13.9 Å². The average molecular weight is 534 g/mol. The first-order valence-electron chi connectivity index (χ1n) is 11.5. The Morgan fingerprint density at radius 1 is 0.919 bits per heavy atom. The molecule has 37 heavy (non-hydrogen) atoms. The number of nitrogens with zero attached hydrogens (tertiary/aromatic N) is 3. The molecule has 0 spiro atoms. The van der Waals surface area contributed by atoms with Gasteiger partial charge in [-0.2, -0.15) is 13.2 Å². The summed E-state index contributed by atoms with van der Waals surface area (Å²) in [4.78, 5) is 16.7. The normalized spacial score (nSPS) is 14.4. The van der Waals surface area contributed by atoms with E-state index in [9.17, 15) is 26.4 Å². The van der Waals surface area contributed by atoms with E-state index in [1.54, 1.807) is 13.2 Å². The van der Waals surface area contributed by atoms with E-state index >= 15 is 0 Å². The van der Waals surface area contributed by atoms with Gasteiger partial charge >= 0.3 is 6.18 Å². The standard InChI is InChI=1S/C26H26F3N3O4S/c1-36-23-12-10-21(11-13-23)30-14-16-31(17-15-30)25(33)19-32(37(34,35)24-8-3-2-4-9-24)22-7-5-6-20(18-22)26(27,28)29/h2-13,18H,14-17,19H2,1H3. The van der Waals surface area contributed by atoms with Gasteiger partial charge in [-0.05, 0) is 54.6 Å². The van der Waals surface area contributed by atoms with Gasteiger partial charge in [-0.25, -0.2) is 8.42 Å². The zero-order valence-electron chi connectivity index (χ0n) is 20.1. The molecule has 0 saturated carbocycles. The van der Waals surface area contributed by atoms with E-state index in [4.69, 9.17) is 4.74 Å². The van der Waals surface area contributed by atoms with Gasteiger partial charge in [-0.1, -0.05) is 24.3 Å². The monoisotopic (exact) mass is 533 g/mol. The van der Waals surface area contributed by atoms with Crippen molar-refractivity contribution in [2.24, 2.45) is 0 Å². The summed E-state index contributed by atoms with van der Waals surface area (Å²) in [6.45, 7) is 1.10. The number of hydrogen-bond donors (Lipinski definition) is 0. The molecule has 1 fully saturated rings. The van der Waals surface area contributed by atoms with E-state index in [0.717, 1.165) is 33.9 Å². The van der Waals surface area contributed by atoms with E-state index in [-0.39, 0.29) is 10.6 Å². The van der Waals surface area contributed by atoms with Crippen molar-refractivity contribution >= 4 is 27.3 Å². The van der Waals surface area contributed by atoms with Crippen LogP contribution in [0.15, 0.2) is 83.8 Å². The molecule has 11 heteroatoms. The largest absolute Gasteiger partial charge is 0.497 e. The van der Waals surface area contributed by atoms with Gasteiger partial charge in [0.1, 0.15) is 12.3 Å². The lowest BCUT2D eigenvalue weighted by molar-refractivity contribution is -0.137. The highest BCUT2D eigenvalue weighted by atomic mass is 32.2. The van der Waals surface area contributed by atoms with Gasteiger partial charge < -0.3 is 14.5 Å². The van der Waals surface area contributed by atoms with Crippen molar-refractivity contribution in [3.8, 4) is 5.75 Å². The summed E-state index contributed by atoms with van der Waals surface area (Å²) in [5.41, 5.74) is -0.271. The number of ether oxygens (including phenoxy) is 1. The van der Waals surface area contributed by atoms with Crippen molar-refractivity contribution in [1.29, 1.82) is 0 Å². The molecular formula is C26H26F3N3O4S. The fourth-order valence-corrected chi connectivity index (χ4v) is 5.53. The fraction of sp³-hybridized carbons (Fsp3) is 0.269. The van der Waals surface area contributed by atoms with Crippen molar-refractivity contribution in [2.75, 3.05) is 49.0 Å². The Labute approximate surface area is 213 Å². The molecule has 1 aliphatic heterocycles. The van der Waals surface area contributed by atoms with Crippen LogP contribution in [0.5, 0.6) is 5.75 Å². The van der Waals surface area contributed by atoms with Crippen LogP contribution in [-0.2, 0) is 21.0 Å². The Balaban J connectivity index is 1.55. The van der Waals surface area contributed by atoms with Gasteiger partial charge in [-0.3, -0.25) is 9.10 Å². The smallest absolute Gasteiger partial charge is 0.416 e. The summed E-state index contributed by atoms with van der Waals surface area (Å²) in [6.07, 6.45) is -4.67. The van der Waals surface area contributed by atoms with Gasteiger partial charge in [-0.15, -0.1) is 0 Å². The molecule has 3 aromatic rings. The second kappa shape index (κ2) is 10.7. The SMILES string of the molecule is COc1ccc(N2CCN(C(=O)CN(c3cccc(C(F)(F)F)c3)S(=O)(=O)c3ccccc3)CC2)cc1. The average Bonchev–Trinajstić information content (AvgIpc) is 2.91. The number of methoxy groups -OCH3 is 1. The number of benzene rings is 3.